The number of carbonyl (C=O) groups excluding carboxylic acids is 8. The van der Waals surface area contributed by atoms with E-state index in [0.717, 1.165) is 55.4 Å². The van der Waals surface area contributed by atoms with Crippen LogP contribution in [0.3, 0.4) is 0 Å². The minimum Gasteiger partial charge on any atom is -0.463 e. The molecule has 2 aliphatic rings. The minimum atomic E-state index is -1.67. The number of esters is 8. The van der Waals surface area contributed by atoms with E-state index in [-0.39, 0.29) is 6.42 Å². The average molecular weight is 677 g/mol. The summed E-state index contributed by atoms with van der Waals surface area (Å²) in [6.45, 7) is 7.45. The Bertz CT molecular complexity index is 1200. The summed E-state index contributed by atoms with van der Waals surface area (Å²) in [5.74, 6) is -7.90. The first-order chi connectivity index (χ1) is 21.9. The van der Waals surface area contributed by atoms with Gasteiger partial charge in [-0.1, -0.05) is 0 Å². The molecule has 2 aliphatic heterocycles. The molecule has 0 aromatic carbocycles. The molecule has 18 heteroatoms. The van der Waals surface area contributed by atoms with Crippen molar-refractivity contribution in [3.8, 4) is 0 Å². The highest BCUT2D eigenvalue weighted by Crippen LogP contribution is 2.39. The van der Waals surface area contributed by atoms with Gasteiger partial charge in [0.2, 0.25) is 6.29 Å². The van der Waals surface area contributed by atoms with Crippen molar-refractivity contribution >= 4 is 47.8 Å². The molecule has 0 unspecified atom stereocenters. The van der Waals surface area contributed by atoms with Gasteiger partial charge >= 0.3 is 47.8 Å². The second kappa shape index (κ2) is 17.6. The maximum Gasteiger partial charge on any atom is 0.304 e. The molecule has 2 fully saturated rings. The lowest BCUT2D eigenvalue weighted by atomic mass is 9.80. The van der Waals surface area contributed by atoms with Crippen molar-refractivity contribution in [1.82, 2.24) is 0 Å². The summed E-state index contributed by atoms with van der Waals surface area (Å²) >= 11 is 0. The lowest BCUT2D eigenvalue weighted by molar-refractivity contribution is -0.291. The van der Waals surface area contributed by atoms with Crippen LogP contribution in [0.15, 0.2) is 0 Å². The summed E-state index contributed by atoms with van der Waals surface area (Å²) < 4.78 is 55.2. The van der Waals surface area contributed by atoms with E-state index in [2.05, 4.69) is 0 Å². The van der Waals surface area contributed by atoms with Crippen LogP contribution in [0.2, 0.25) is 0 Å². The molecule has 0 saturated carbocycles. The fourth-order valence-electron chi connectivity index (χ4n) is 5.35. The van der Waals surface area contributed by atoms with Crippen molar-refractivity contribution in [3.63, 3.8) is 0 Å². The van der Waals surface area contributed by atoms with Crippen molar-refractivity contribution in [2.24, 2.45) is 5.92 Å². The number of hydrogen-bond donors (Lipinski definition) is 0. The van der Waals surface area contributed by atoms with E-state index in [1.54, 1.807) is 0 Å². The van der Waals surface area contributed by atoms with Gasteiger partial charge in [0.15, 0.2) is 18.3 Å². The third-order valence-corrected chi connectivity index (χ3v) is 6.70. The average Bonchev–Trinajstić information content (AvgIpc) is 2.91. The van der Waals surface area contributed by atoms with Gasteiger partial charge < -0.3 is 47.4 Å². The Hall–Kier alpha value is -4.32. The van der Waals surface area contributed by atoms with Gasteiger partial charge in [0.1, 0.15) is 43.7 Å². The molecule has 264 valence electrons. The second-order valence-electron chi connectivity index (χ2n) is 10.7. The molecule has 0 aromatic rings. The Labute approximate surface area is 269 Å². The third-order valence-electron chi connectivity index (χ3n) is 6.70. The van der Waals surface area contributed by atoms with Gasteiger partial charge in [0.25, 0.3) is 0 Å². The summed E-state index contributed by atoms with van der Waals surface area (Å²) in [6, 6.07) is 0. The second-order valence-corrected chi connectivity index (χ2v) is 10.7. The Kier molecular flexibility index (Phi) is 14.5. The molecule has 0 radical (unpaired) electrons. The van der Waals surface area contributed by atoms with Gasteiger partial charge in [-0.25, -0.2) is 0 Å². The SMILES string of the molecule is CC(=O)OC[C@H]1O[C@@H](OC(C)=O)C[C@@H]([C@@H](OC(C)=O)[C@@H]2O[C@H](COC(C)=O)[C@H](OC(C)=O)[C@H](OC(C)=O)[C@H]2OC(C)=O)[C@H]1OC(C)=O. The van der Waals surface area contributed by atoms with E-state index in [1.165, 1.54) is 0 Å². The van der Waals surface area contributed by atoms with Crippen LogP contribution in [0.5, 0.6) is 0 Å². The van der Waals surface area contributed by atoms with Gasteiger partial charge in [-0.15, -0.1) is 0 Å². The van der Waals surface area contributed by atoms with Crippen LogP contribution in [0.1, 0.15) is 61.8 Å². The van der Waals surface area contributed by atoms with Gasteiger partial charge in [-0.3, -0.25) is 38.4 Å². The molecule has 18 nitrogen and oxygen atoms in total. The Balaban J connectivity index is 2.82. The fourth-order valence-corrected chi connectivity index (χ4v) is 5.35. The normalized spacial score (nSPS) is 29.1. The molecule has 47 heavy (non-hydrogen) atoms. The lowest BCUT2D eigenvalue weighted by Crippen LogP contribution is -2.67. The predicted octanol–water partition coefficient (Wildman–Crippen LogP) is -0.167. The summed E-state index contributed by atoms with van der Waals surface area (Å²) in [6.07, 6.45) is -13.8. The molecule has 2 heterocycles. The van der Waals surface area contributed by atoms with Crippen LogP contribution in [0, 0.1) is 5.92 Å². The van der Waals surface area contributed by atoms with Crippen molar-refractivity contribution in [2.45, 2.75) is 117 Å². The Morgan fingerprint density at radius 3 is 1.38 bits per heavy atom. The zero-order valence-electron chi connectivity index (χ0n) is 27.2. The first-order valence-corrected chi connectivity index (χ1v) is 14.5. The fraction of sp³-hybridized carbons (Fsp3) is 0.724. The van der Waals surface area contributed by atoms with Gasteiger partial charge in [-0.2, -0.15) is 0 Å². The number of carbonyl (C=O) groups is 8. The zero-order chi connectivity index (χ0) is 35.6. The van der Waals surface area contributed by atoms with Gasteiger partial charge in [0.05, 0.1) is 0 Å². The first-order valence-electron chi connectivity index (χ1n) is 14.5. The van der Waals surface area contributed by atoms with Crippen LogP contribution in [0.25, 0.3) is 0 Å². The molecule has 0 aliphatic carbocycles. The van der Waals surface area contributed by atoms with Crippen molar-refractivity contribution in [2.75, 3.05) is 13.2 Å². The maximum atomic E-state index is 12.6. The Morgan fingerprint density at radius 1 is 0.511 bits per heavy atom. The number of rotatable bonds is 12. The predicted molar refractivity (Wildman–Crippen MR) is 148 cm³/mol. The number of hydrogen-bond acceptors (Lipinski definition) is 18. The van der Waals surface area contributed by atoms with Crippen LogP contribution in [-0.2, 0) is 85.7 Å². The van der Waals surface area contributed by atoms with Crippen molar-refractivity contribution < 1.29 is 85.7 Å². The standard InChI is InChI=1S/C29H40O18/c1-12(30)38-10-21-24(41-15(4)33)20(9-23(46-21)40-14(3)32)25(42-16(5)34)27-29(45-19(8)37)28(44-18(7)36)26(43-17(6)35)22(47-27)11-39-13(2)31/h20-29H,9-11H2,1-8H3/t20-,21-,22-,23-,24-,25-,26+,27+,28+,29+/m1/s1. The smallest absolute Gasteiger partial charge is 0.304 e. The molecule has 0 amide bonds. The number of ether oxygens (including phenoxy) is 10. The van der Waals surface area contributed by atoms with Gasteiger partial charge in [0, 0.05) is 67.7 Å². The van der Waals surface area contributed by atoms with E-state index >= 15 is 0 Å². The molecular formula is C29H40O18. The molecule has 0 N–H and O–H groups in total. The van der Waals surface area contributed by atoms with Crippen LogP contribution in [-0.4, -0.2) is 116 Å². The van der Waals surface area contributed by atoms with Crippen LogP contribution >= 0.6 is 0 Å². The van der Waals surface area contributed by atoms with Crippen molar-refractivity contribution in [3.05, 3.63) is 0 Å². The summed E-state index contributed by atoms with van der Waals surface area (Å²) in [5.41, 5.74) is 0. The van der Waals surface area contributed by atoms with Gasteiger partial charge in [-0.05, 0) is 0 Å². The first kappa shape index (κ1) is 38.9. The third kappa shape index (κ3) is 12.1. The molecule has 2 rings (SSSR count). The van der Waals surface area contributed by atoms with Crippen LogP contribution in [0.4, 0.5) is 0 Å². The highest BCUT2D eigenvalue weighted by molar-refractivity contribution is 5.69. The molecule has 0 spiro atoms. The Morgan fingerprint density at radius 2 is 0.936 bits per heavy atom. The topological polar surface area (TPSA) is 229 Å². The minimum absolute atomic E-state index is 0.321. The highest BCUT2D eigenvalue weighted by atomic mass is 16.7. The maximum absolute atomic E-state index is 12.6. The highest BCUT2D eigenvalue weighted by Gasteiger charge is 2.59. The zero-order valence-corrected chi connectivity index (χ0v) is 27.2. The quantitative estimate of drug-likeness (QED) is 0.193. The summed E-state index contributed by atoms with van der Waals surface area (Å²) in [5, 5.41) is 0. The molecular weight excluding hydrogens is 636 g/mol. The summed E-state index contributed by atoms with van der Waals surface area (Å²) in [4.78, 5) is 97.2. The molecule has 0 aromatic heterocycles. The van der Waals surface area contributed by atoms with E-state index in [1.807, 2.05) is 0 Å². The summed E-state index contributed by atoms with van der Waals surface area (Å²) in [7, 11) is 0. The van der Waals surface area contributed by atoms with E-state index in [0.29, 0.717) is 0 Å². The van der Waals surface area contributed by atoms with Crippen molar-refractivity contribution in [1.29, 1.82) is 0 Å². The van der Waals surface area contributed by atoms with Crippen LogP contribution < -0.4 is 0 Å². The molecule has 10 atom stereocenters. The van der Waals surface area contributed by atoms with E-state index in [9.17, 15) is 38.4 Å². The molecule has 2 saturated heterocycles. The lowest BCUT2D eigenvalue weighted by Gasteiger charge is -2.49. The van der Waals surface area contributed by atoms with E-state index in [4.69, 9.17) is 47.4 Å². The monoisotopic (exact) mass is 676 g/mol. The molecule has 0 bridgehead atoms. The largest absolute Gasteiger partial charge is 0.463 e. The van der Waals surface area contributed by atoms with E-state index < -0.39 is 122 Å².